The van der Waals surface area contributed by atoms with Gasteiger partial charge in [0.15, 0.2) is 0 Å². The number of rotatable bonds is 1. The van der Waals surface area contributed by atoms with E-state index in [4.69, 9.17) is 10.8 Å². The van der Waals surface area contributed by atoms with Crippen molar-refractivity contribution < 1.29 is 9.90 Å². The van der Waals surface area contributed by atoms with E-state index in [-0.39, 0.29) is 16.8 Å². The number of nitrogen functional groups attached to an aromatic ring is 1. The Morgan fingerprint density at radius 2 is 1.94 bits per heavy atom. The molecule has 0 saturated carbocycles. The summed E-state index contributed by atoms with van der Waals surface area (Å²) in [5.41, 5.74) is 5.31. The van der Waals surface area contributed by atoms with Crippen LogP contribution in [0.15, 0.2) is 10.9 Å². The standard InChI is InChI=1S/C11H16N2O3/c1-11(2,3)6-5-7(12)9(14)13(4)8(6)10(15)16/h5H,12H2,1-4H3,(H,15,16). The number of nitrogens with zero attached hydrogens (tertiary/aromatic N) is 1. The fourth-order valence-corrected chi connectivity index (χ4v) is 1.59. The van der Waals surface area contributed by atoms with Gasteiger partial charge in [0, 0.05) is 7.05 Å². The predicted octanol–water partition coefficient (Wildman–Crippen LogP) is 0.963. The first-order chi connectivity index (χ1) is 7.16. The molecule has 5 heteroatoms. The molecular weight excluding hydrogens is 208 g/mol. The smallest absolute Gasteiger partial charge is 0.352 e. The largest absolute Gasteiger partial charge is 0.477 e. The highest BCUT2D eigenvalue weighted by atomic mass is 16.4. The van der Waals surface area contributed by atoms with E-state index in [0.717, 1.165) is 4.57 Å². The maximum absolute atomic E-state index is 11.5. The van der Waals surface area contributed by atoms with Crippen LogP contribution in [-0.2, 0) is 12.5 Å². The van der Waals surface area contributed by atoms with Gasteiger partial charge in [0.2, 0.25) is 0 Å². The van der Waals surface area contributed by atoms with Crippen molar-refractivity contribution in [3.05, 3.63) is 27.7 Å². The maximum Gasteiger partial charge on any atom is 0.352 e. The second-order valence-electron chi connectivity index (χ2n) is 4.78. The van der Waals surface area contributed by atoms with Crippen molar-refractivity contribution in [1.82, 2.24) is 4.57 Å². The summed E-state index contributed by atoms with van der Waals surface area (Å²) >= 11 is 0. The van der Waals surface area contributed by atoms with E-state index in [1.165, 1.54) is 13.1 Å². The minimum absolute atomic E-state index is 0.00769. The molecule has 1 heterocycles. The fraction of sp³-hybridized carbons (Fsp3) is 0.455. The topological polar surface area (TPSA) is 85.3 Å². The van der Waals surface area contributed by atoms with Crippen molar-refractivity contribution in [2.24, 2.45) is 7.05 Å². The summed E-state index contributed by atoms with van der Waals surface area (Å²) in [6.45, 7) is 5.62. The number of aromatic carboxylic acids is 1. The zero-order valence-corrected chi connectivity index (χ0v) is 9.87. The van der Waals surface area contributed by atoms with Crippen LogP contribution in [0.2, 0.25) is 0 Å². The Morgan fingerprint density at radius 1 is 1.44 bits per heavy atom. The van der Waals surface area contributed by atoms with Crippen LogP contribution in [0.4, 0.5) is 5.69 Å². The van der Waals surface area contributed by atoms with Gasteiger partial charge in [0.05, 0.1) is 5.69 Å². The van der Waals surface area contributed by atoms with Crippen LogP contribution in [0.25, 0.3) is 0 Å². The molecule has 0 aliphatic rings. The summed E-state index contributed by atoms with van der Waals surface area (Å²) in [5, 5.41) is 9.12. The molecule has 16 heavy (non-hydrogen) atoms. The predicted molar refractivity (Wildman–Crippen MR) is 61.8 cm³/mol. The first-order valence-electron chi connectivity index (χ1n) is 4.89. The molecule has 1 aromatic rings. The average Bonchev–Trinajstić information content (AvgIpc) is 2.11. The molecule has 0 saturated heterocycles. The molecule has 0 spiro atoms. The minimum Gasteiger partial charge on any atom is -0.477 e. The van der Waals surface area contributed by atoms with Crippen LogP contribution in [0.3, 0.4) is 0 Å². The van der Waals surface area contributed by atoms with Gasteiger partial charge in [-0.1, -0.05) is 20.8 Å². The quantitative estimate of drug-likeness (QED) is 0.744. The molecule has 3 N–H and O–H groups in total. The highest BCUT2D eigenvalue weighted by molar-refractivity contribution is 5.88. The molecule has 0 atom stereocenters. The summed E-state index contributed by atoms with van der Waals surface area (Å²) in [7, 11) is 1.41. The molecule has 0 aliphatic heterocycles. The van der Waals surface area contributed by atoms with Crippen molar-refractivity contribution in [3.8, 4) is 0 Å². The van der Waals surface area contributed by atoms with E-state index >= 15 is 0 Å². The van der Waals surface area contributed by atoms with Gasteiger partial charge in [-0.05, 0) is 17.0 Å². The lowest BCUT2D eigenvalue weighted by atomic mass is 9.85. The van der Waals surface area contributed by atoms with Crippen LogP contribution in [0, 0.1) is 0 Å². The number of carbonyl (C=O) groups is 1. The van der Waals surface area contributed by atoms with Crippen LogP contribution < -0.4 is 11.3 Å². The Hall–Kier alpha value is -1.78. The van der Waals surface area contributed by atoms with Gasteiger partial charge in [-0.3, -0.25) is 4.79 Å². The zero-order chi connectivity index (χ0) is 12.7. The van der Waals surface area contributed by atoms with E-state index in [1.807, 2.05) is 20.8 Å². The third-order valence-corrected chi connectivity index (χ3v) is 2.45. The van der Waals surface area contributed by atoms with Gasteiger partial charge < -0.3 is 15.4 Å². The van der Waals surface area contributed by atoms with Crippen molar-refractivity contribution in [1.29, 1.82) is 0 Å². The number of nitrogens with two attached hydrogens (primary N) is 1. The first-order valence-corrected chi connectivity index (χ1v) is 4.89. The van der Waals surface area contributed by atoms with E-state index in [2.05, 4.69) is 0 Å². The second kappa shape index (κ2) is 3.66. The first kappa shape index (κ1) is 12.3. The molecule has 0 bridgehead atoms. The summed E-state index contributed by atoms with van der Waals surface area (Å²) in [4.78, 5) is 22.7. The summed E-state index contributed by atoms with van der Waals surface area (Å²) in [6.07, 6.45) is 0. The summed E-state index contributed by atoms with van der Waals surface area (Å²) in [6, 6.07) is 1.45. The third-order valence-electron chi connectivity index (χ3n) is 2.45. The molecule has 0 aromatic carbocycles. The lowest BCUT2D eigenvalue weighted by Gasteiger charge is -2.23. The molecule has 0 aliphatic carbocycles. The van der Waals surface area contributed by atoms with E-state index in [9.17, 15) is 9.59 Å². The second-order valence-corrected chi connectivity index (χ2v) is 4.78. The van der Waals surface area contributed by atoms with Crippen LogP contribution in [0.5, 0.6) is 0 Å². The molecule has 1 rings (SSSR count). The lowest BCUT2D eigenvalue weighted by Crippen LogP contribution is -2.30. The van der Waals surface area contributed by atoms with Crippen molar-refractivity contribution in [2.75, 3.05) is 5.73 Å². The number of carboxylic acids is 1. The molecule has 0 amide bonds. The summed E-state index contributed by atoms with van der Waals surface area (Å²) < 4.78 is 1.08. The molecule has 1 aromatic heterocycles. The Morgan fingerprint density at radius 3 is 2.31 bits per heavy atom. The fourth-order valence-electron chi connectivity index (χ4n) is 1.59. The van der Waals surface area contributed by atoms with E-state index < -0.39 is 11.5 Å². The SMILES string of the molecule is Cn1c(C(=O)O)c(C(C)(C)C)cc(N)c1=O. The molecule has 5 nitrogen and oxygen atoms in total. The summed E-state index contributed by atoms with van der Waals surface area (Å²) in [5.74, 6) is -1.12. The highest BCUT2D eigenvalue weighted by Crippen LogP contribution is 2.26. The highest BCUT2D eigenvalue weighted by Gasteiger charge is 2.25. The van der Waals surface area contributed by atoms with E-state index in [0.29, 0.717) is 5.56 Å². The van der Waals surface area contributed by atoms with Gasteiger partial charge in [0.1, 0.15) is 5.69 Å². The normalized spacial score (nSPS) is 11.5. The molecule has 0 unspecified atom stereocenters. The monoisotopic (exact) mass is 224 g/mol. The van der Waals surface area contributed by atoms with Gasteiger partial charge in [-0.25, -0.2) is 4.79 Å². The van der Waals surface area contributed by atoms with Gasteiger partial charge in [-0.2, -0.15) is 0 Å². The number of aromatic nitrogens is 1. The average molecular weight is 224 g/mol. The van der Waals surface area contributed by atoms with Gasteiger partial charge in [-0.15, -0.1) is 0 Å². The van der Waals surface area contributed by atoms with Crippen molar-refractivity contribution >= 4 is 11.7 Å². The third kappa shape index (κ3) is 1.93. The van der Waals surface area contributed by atoms with Gasteiger partial charge >= 0.3 is 5.97 Å². The molecule has 88 valence electrons. The Labute approximate surface area is 93.5 Å². The molecule has 0 fully saturated rings. The number of hydrogen-bond acceptors (Lipinski definition) is 3. The Bertz CT molecular complexity index is 495. The van der Waals surface area contributed by atoms with Crippen LogP contribution in [0.1, 0.15) is 36.8 Å². The van der Waals surface area contributed by atoms with E-state index in [1.54, 1.807) is 0 Å². The number of carboxylic acid groups (broad SMARTS) is 1. The van der Waals surface area contributed by atoms with Gasteiger partial charge in [0.25, 0.3) is 5.56 Å². The maximum atomic E-state index is 11.5. The van der Waals surface area contributed by atoms with Crippen molar-refractivity contribution in [3.63, 3.8) is 0 Å². The molecule has 0 radical (unpaired) electrons. The zero-order valence-electron chi connectivity index (χ0n) is 9.87. The number of hydrogen-bond donors (Lipinski definition) is 2. The van der Waals surface area contributed by atoms with Crippen molar-refractivity contribution in [2.45, 2.75) is 26.2 Å². The van der Waals surface area contributed by atoms with Crippen LogP contribution >= 0.6 is 0 Å². The minimum atomic E-state index is -1.12. The van der Waals surface area contributed by atoms with Crippen LogP contribution in [-0.4, -0.2) is 15.6 Å². The lowest BCUT2D eigenvalue weighted by molar-refractivity contribution is 0.0682. The Balaban J connectivity index is 3.74. The number of pyridine rings is 1. The Kier molecular flexibility index (Phi) is 2.81. The molecular formula is C11H16N2O3. The number of anilines is 1.